The highest BCUT2D eigenvalue weighted by Crippen LogP contribution is 2.18. The molecule has 0 aliphatic carbocycles. The summed E-state index contributed by atoms with van der Waals surface area (Å²) < 4.78 is 0. The summed E-state index contributed by atoms with van der Waals surface area (Å²) in [6, 6.07) is 5.43. The molecular weight excluding hydrogens is 310 g/mol. The zero-order valence-electron chi connectivity index (χ0n) is 7.59. The molecule has 0 unspecified atom stereocenters. The number of Topliss-reactive ketones (excluding diaryl/α,β-unsaturated/α-hetero) is 1. The van der Waals surface area contributed by atoms with Crippen LogP contribution in [-0.2, 0) is 5.33 Å². The fraction of sp³-hybridized carbons (Fsp3) is 0.300. The Hall–Kier alpha value is -0.350. The van der Waals surface area contributed by atoms with Gasteiger partial charge in [0.05, 0.1) is 0 Å². The molecule has 1 rings (SSSR count). The van der Waals surface area contributed by atoms with Crippen molar-refractivity contribution in [3.8, 4) is 0 Å². The molecule has 0 heterocycles. The second-order valence-corrected chi connectivity index (χ2v) is 4.27. The molecule has 0 spiro atoms. The highest BCUT2D eigenvalue weighted by molar-refractivity contribution is 9.09. The van der Waals surface area contributed by atoms with E-state index in [9.17, 15) is 4.79 Å². The predicted octanol–water partition coefficient (Wildman–Crippen LogP) is 3.13. The first kappa shape index (κ1) is 11.7. The van der Waals surface area contributed by atoms with E-state index in [1.807, 2.05) is 12.1 Å². The van der Waals surface area contributed by atoms with E-state index in [4.69, 9.17) is 5.73 Å². The quantitative estimate of drug-likeness (QED) is 0.526. The van der Waals surface area contributed by atoms with Crippen LogP contribution in [0.15, 0.2) is 18.2 Å². The number of hydrogen-bond donors (Lipinski definition) is 1. The molecule has 14 heavy (non-hydrogen) atoms. The van der Waals surface area contributed by atoms with Gasteiger partial charge in [0.25, 0.3) is 0 Å². The van der Waals surface area contributed by atoms with Gasteiger partial charge < -0.3 is 5.73 Å². The van der Waals surface area contributed by atoms with E-state index in [-0.39, 0.29) is 5.78 Å². The number of alkyl halides is 2. The Morgan fingerprint density at radius 3 is 2.64 bits per heavy atom. The van der Waals surface area contributed by atoms with Gasteiger partial charge in [-0.05, 0) is 17.7 Å². The molecule has 2 N–H and O–H groups in total. The Balaban J connectivity index is 3.03. The van der Waals surface area contributed by atoms with Gasteiger partial charge in [-0.2, -0.15) is 0 Å². The average molecular weight is 321 g/mol. The smallest absolute Gasteiger partial charge is 0.164 e. The lowest BCUT2D eigenvalue weighted by molar-refractivity contribution is 0.0989. The third-order valence-corrected chi connectivity index (χ3v) is 2.90. The summed E-state index contributed by atoms with van der Waals surface area (Å²) in [6.45, 7) is 0. The van der Waals surface area contributed by atoms with Gasteiger partial charge in [-0.3, -0.25) is 4.79 Å². The standard InChI is InChI=1S/C10H11Br2NO/c11-4-3-10(14)9-5-8(13)2-1-7(9)6-12/h1-2,5H,3-4,6,13H2. The highest BCUT2D eigenvalue weighted by atomic mass is 79.9. The number of anilines is 1. The number of hydrogen-bond acceptors (Lipinski definition) is 2. The number of carbonyl (C=O) groups is 1. The molecule has 0 atom stereocenters. The molecule has 2 nitrogen and oxygen atoms in total. The summed E-state index contributed by atoms with van der Waals surface area (Å²) >= 11 is 6.60. The molecule has 0 saturated carbocycles. The number of rotatable bonds is 4. The van der Waals surface area contributed by atoms with Gasteiger partial charge in [-0.25, -0.2) is 0 Å². The lowest BCUT2D eigenvalue weighted by Crippen LogP contribution is -2.04. The first-order valence-corrected chi connectivity index (χ1v) is 6.47. The van der Waals surface area contributed by atoms with Crippen molar-refractivity contribution in [3.63, 3.8) is 0 Å². The number of nitrogens with two attached hydrogens (primary N) is 1. The monoisotopic (exact) mass is 319 g/mol. The Kier molecular flexibility index (Phi) is 4.62. The lowest BCUT2D eigenvalue weighted by atomic mass is 10.0. The Bertz CT molecular complexity index is 339. The molecule has 0 aromatic heterocycles. The molecule has 0 amide bonds. The molecule has 0 saturated heterocycles. The molecule has 0 bridgehead atoms. The minimum atomic E-state index is 0.128. The first-order valence-electron chi connectivity index (χ1n) is 4.22. The molecule has 0 fully saturated rings. The second kappa shape index (κ2) is 5.51. The van der Waals surface area contributed by atoms with E-state index in [0.29, 0.717) is 22.8 Å². The third-order valence-electron chi connectivity index (χ3n) is 1.90. The Morgan fingerprint density at radius 2 is 2.07 bits per heavy atom. The SMILES string of the molecule is Nc1ccc(CBr)c(C(=O)CCBr)c1. The van der Waals surface area contributed by atoms with Crippen molar-refractivity contribution in [3.05, 3.63) is 29.3 Å². The van der Waals surface area contributed by atoms with Crippen LogP contribution in [0.25, 0.3) is 0 Å². The van der Waals surface area contributed by atoms with Crippen molar-refractivity contribution in [1.29, 1.82) is 0 Å². The first-order chi connectivity index (χ1) is 6.69. The Labute approximate surface area is 100 Å². The van der Waals surface area contributed by atoms with Crippen molar-refractivity contribution >= 4 is 43.3 Å². The predicted molar refractivity (Wildman–Crippen MR) is 66.2 cm³/mol. The van der Waals surface area contributed by atoms with Crippen LogP contribution in [0.3, 0.4) is 0 Å². The molecule has 76 valence electrons. The maximum absolute atomic E-state index is 11.7. The number of halogens is 2. The van der Waals surface area contributed by atoms with Crippen LogP contribution < -0.4 is 5.73 Å². The van der Waals surface area contributed by atoms with Crippen LogP contribution in [0.2, 0.25) is 0 Å². The van der Waals surface area contributed by atoms with Crippen LogP contribution >= 0.6 is 31.9 Å². The van der Waals surface area contributed by atoms with Crippen molar-refractivity contribution in [2.75, 3.05) is 11.1 Å². The van der Waals surface area contributed by atoms with Gasteiger partial charge in [-0.1, -0.05) is 37.9 Å². The molecule has 0 radical (unpaired) electrons. The van der Waals surface area contributed by atoms with Gasteiger partial charge in [0.2, 0.25) is 0 Å². The zero-order valence-corrected chi connectivity index (χ0v) is 10.8. The van der Waals surface area contributed by atoms with Crippen molar-refractivity contribution in [2.45, 2.75) is 11.8 Å². The van der Waals surface area contributed by atoms with E-state index < -0.39 is 0 Å². The number of ketones is 1. The fourth-order valence-corrected chi connectivity index (χ4v) is 2.04. The van der Waals surface area contributed by atoms with E-state index >= 15 is 0 Å². The van der Waals surface area contributed by atoms with Crippen LogP contribution in [0.4, 0.5) is 5.69 Å². The molecule has 0 aliphatic rings. The van der Waals surface area contributed by atoms with Crippen LogP contribution in [0, 0.1) is 0 Å². The summed E-state index contributed by atoms with van der Waals surface area (Å²) in [5.74, 6) is 0.128. The summed E-state index contributed by atoms with van der Waals surface area (Å²) in [5.41, 5.74) is 7.98. The largest absolute Gasteiger partial charge is 0.399 e. The van der Waals surface area contributed by atoms with Crippen LogP contribution in [-0.4, -0.2) is 11.1 Å². The van der Waals surface area contributed by atoms with E-state index in [0.717, 1.165) is 11.1 Å². The lowest BCUT2D eigenvalue weighted by Gasteiger charge is -2.06. The highest BCUT2D eigenvalue weighted by Gasteiger charge is 2.10. The van der Waals surface area contributed by atoms with Gasteiger partial charge in [0.1, 0.15) is 0 Å². The van der Waals surface area contributed by atoms with Crippen LogP contribution in [0.1, 0.15) is 22.3 Å². The molecule has 4 heteroatoms. The van der Waals surface area contributed by atoms with Crippen molar-refractivity contribution < 1.29 is 4.79 Å². The number of benzene rings is 1. The third kappa shape index (κ3) is 2.82. The summed E-state index contributed by atoms with van der Waals surface area (Å²) in [6.07, 6.45) is 0.503. The average Bonchev–Trinajstić information content (AvgIpc) is 2.18. The van der Waals surface area contributed by atoms with Crippen molar-refractivity contribution in [1.82, 2.24) is 0 Å². The normalized spacial score (nSPS) is 10.1. The fourth-order valence-electron chi connectivity index (χ4n) is 1.19. The maximum atomic E-state index is 11.7. The van der Waals surface area contributed by atoms with E-state index in [1.54, 1.807) is 6.07 Å². The summed E-state index contributed by atoms with van der Waals surface area (Å²) in [4.78, 5) is 11.7. The molecule has 1 aromatic rings. The minimum absolute atomic E-state index is 0.128. The Morgan fingerprint density at radius 1 is 1.36 bits per heavy atom. The zero-order chi connectivity index (χ0) is 10.6. The topological polar surface area (TPSA) is 43.1 Å². The second-order valence-electron chi connectivity index (χ2n) is 2.91. The minimum Gasteiger partial charge on any atom is -0.399 e. The molecule has 0 aliphatic heterocycles. The summed E-state index contributed by atoms with van der Waals surface area (Å²) in [5, 5.41) is 1.36. The van der Waals surface area contributed by atoms with Crippen LogP contribution in [0.5, 0.6) is 0 Å². The molecular formula is C10H11Br2NO. The summed E-state index contributed by atoms with van der Waals surface area (Å²) in [7, 11) is 0. The van der Waals surface area contributed by atoms with E-state index in [1.165, 1.54) is 0 Å². The van der Waals surface area contributed by atoms with Gasteiger partial charge in [-0.15, -0.1) is 0 Å². The van der Waals surface area contributed by atoms with Gasteiger partial charge >= 0.3 is 0 Å². The van der Waals surface area contributed by atoms with Gasteiger partial charge in [0, 0.05) is 28.3 Å². The number of nitrogen functional groups attached to an aromatic ring is 1. The van der Waals surface area contributed by atoms with Gasteiger partial charge in [0.15, 0.2) is 5.78 Å². The molecule has 1 aromatic carbocycles. The van der Waals surface area contributed by atoms with Crippen molar-refractivity contribution in [2.24, 2.45) is 0 Å². The van der Waals surface area contributed by atoms with E-state index in [2.05, 4.69) is 31.9 Å². The number of carbonyl (C=O) groups excluding carboxylic acids is 1. The maximum Gasteiger partial charge on any atom is 0.164 e.